The van der Waals surface area contributed by atoms with Crippen molar-refractivity contribution in [3.63, 3.8) is 0 Å². The van der Waals surface area contributed by atoms with Gasteiger partial charge in [-0.1, -0.05) is 51.1 Å². The molecule has 0 radical (unpaired) electrons. The first kappa shape index (κ1) is 23.0. The average Bonchev–Trinajstić information content (AvgIpc) is 2.74. The maximum absolute atomic E-state index is 12.7. The minimum atomic E-state index is -0.364. The molecule has 0 amide bonds. The maximum Gasteiger partial charge on any atom is 0.338 e. The van der Waals surface area contributed by atoms with Crippen LogP contribution >= 0.6 is 31.9 Å². The number of rotatable bonds is 7. The highest BCUT2D eigenvalue weighted by atomic mass is 79.9. The van der Waals surface area contributed by atoms with Gasteiger partial charge in [0.1, 0.15) is 12.2 Å². The van der Waals surface area contributed by atoms with Crippen molar-refractivity contribution in [1.29, 1.82) is 0 Å². The smallest absolute Gasteiger partial charge is 0.338 e. The van der Waals surface area contributed by atoms with E-state index >= 15 is 0 Å². The van der Waals surface area contributed by atoms with Gasteiger partial charge in [0.05, 0.1) is 11.1 Å². The molecule has 0 unspecified atom stereocenters. The van der Waals surface area contributed by atoms with E-state index in [9.17, 15) is 9.59 Å². The molecule has 2 aromatic rings. The molecule has 30 heavy (non-hydrogen) atoms. The molecule has 0 spiro atoms. The Morgan fingerprint density at radius 2 is 1.30 bits per heavy atom. The van der Waals surface area contributed by atoms with Crippen LogP contribution < -0.4 is 0 Å². The third kappa shape index (κ3) is 6.67. The number of carbonyl (C=O) groups excluding carboxylic acids is 2. The summed E-state index contributed by atoms with van der Waals surface area (Å²) >= 11 is 6.75. The molecule has 160 valence electrons. The highest BCUT2D eigenvalue weighted by Gasteiger charge is 2.30. The van der Waals surface area contributed by atoms with Crippen LogP contribution in [0, 0.1) is 5.92 Å². The first-order valence-electron chi connectivity index (χ1n) is 10.4. The molecule has 0 aliphatic heterocycles. The lowest BCUT2D eigenvalue weighted by Crippen LogP contribution is -2.33. The molecule has 2 aromatic carbocycles. The van der Waals surface area contributed by atoms with E-state index in [-0.39, 0.29) is 24.1 Å². The molecule has 4 nitrogen and oxygen atoms in total. The van der Waals surface area contributed by atoms with Gasteiger partial charge < -0.3 is 9.47 Å². The third-order valence-electron chi connectivity index (χ3n) is 5.47. The van der Waals surface area contributed by atoms with Crippen LogP contribution in [0.2, 0.25) is 0 Å². The molecule has 0 heterocycles. The van der Waals surface area contributed by atoms with E-state index in [0.29, 0.717) is 23.5 Å². The predicted molar refractivity (Wildman–Crippen MR) is 124 cm³/mol. The average molecular weight is 538 g/mol. The molecule has 1 saturated carbocycles. The van der Waals surface area contributed by atoms with Crippen LogP contribution in [-0.2, 0) is 9.47 Å². The van der Waals surface area contributed by atoms with Gasteiger partial charge in [-0.25, -0.2) is 9.59 Å². The van der Waals surface area contributed by atoms with Gasteiger partial charge in [0.15, 0.2) is 0 Å². The Balaban J connectivity index is 1.65. The number of halogens is 2. The topological polar surface area (TPSA) is 52.6 Å². The van der Waals surface area contributed by atoms with Gasteiger partial charge in [-0.05, 0) is 74.2 Å². The summed E-state index contributed by atoms with van der Waals surface area (Å²) in [5.74, 6) is -0.395. The summed E-state index contributed by atoms with van der Waals surface area (Å²) in [6, 6.07) is 14.2. The largest absolute Gasteiger partial charge is 0.459 e. The molecule has 0 bridgehead atoms. The monoisotopic (exact) mass is 536 g/mol. The minimum absolute atomic E-state index is 0.269. The highest BCUT2D eigenvalue weighted by Crippen LogP contribution is 2.31. The number of ether oxygens (including phenoxy) is 2. The quantitative estimate of drug-likeness (QED) is 0.358. The second-order valence-corrected chi connectivity index (χ2v) is 9.64. The molecule has 1 fully saturated rings. The van der Waals surface area contributed by atoms with Crippen LogP contribution in [0.25, 0.3) is 0 Å². The first-order chi connectivity index (χ1) is 14.4. The van der Waals surface area contributed by atoms with Gasteiger partial charge in [-0.15, -0.1) is 0 Å². The van der Waals surface area contributed by atoms with Crippen molar-refractivity contribution >= 4 is 43.8 Å². The standard InChI is InChI=1S/C24H26Br2O4/c1-16(29-23(27)18-7-11-20(25)12-8-18)15-22(17-5-3-2-4-6-17)30-24(28)19-9-13-21(26)14-10-19/h7-14,16-17,22H,2-6,15H2,1H3/t16-,22+/m0/s1. The summed E-state index contributed by atoms with van der Waals surface area (Å²) in [6.07, 6.45) is 5.44. The summed E-state index contributed by atoms with van der Waals surface area (Å²) in [5, 5.41) is 0. The van der Waals surface area contributed by atoms with Crippen molar-refractivity contribution in [2.75, 3.05) is 0 Å². The molecule has 0 N–H and O–H groups in total. The fraction of sp³-hybridized carbons (Fsp3) is 0.417. The van der Waals surface area contributed by atoms with Crippen LogP contribution in [0.4, 0.5) is 0 Å². The summed E-state index contributed by atoms with van der Waals surface area (Å²) in [4.78, 5) is 25.2. The Labute approximate surface area is 194 Å². The Hall–Kier alpha value is -1.66. The van der Waals surface area contributed by atoms with Gasteiger partial charge in [0.25, 0.3) is 0 Å². The van der Waals surface area contributed by atoms with Crippen molar-refractivity contribution in [1.82, 2.24) is 0 Å². The normalized spacial score (nSPS) is 16.5. The van der Waals surface area contributed by atoms with Gasteiger partial charge in [-0.2, -0.15) is 0 Å². The van der Waals surface area contributed by atoms with Crippen LogP contribution in [-0.4, -0.2) is 24.1 Å². The van der Waals surface area contributed by atoms with E-state index in [1.54, 1.807) is 24.3 Å². The van der Waals surface area contributed by atoms with Crippen molar-refractivity contribution in [2.45, 2.75) is 57.7 Å². The molecule has 0 saturated heterocycles. The number of hydrogen-bond acceptors (Lipinski definition) is 4. The highest BCUT2D eigenvalue weighted by molar-refractivity contribution is 9.10. The zero-order valence-electron chi connectivity index (χ0n) is 17.0. The molecule has 3 rings (SSSR count). The van der Waals surface area contributed by atoms with Crippen LogP contribution in [0.15, 0.2) is 57.5 Å². The van der Waals surface area contributed by atoms with Gasteiger partial charge in [-0.3, -0.25) is 0 Å². The van der Waals surface area contributed by atoms with Gasteiger partial charge in [0, 0.05) is 15.4 Å². The lowest BCUT2D eigenvalue weighted by Gasteiger charge is -2.31. The molecule has 6 heteroatoms. The Morgan fingerprint density at radius 3 is 1.80 bits per heavy atom. The van der Waals surface area contributed by atoms with Crippen LogP contribution in [0.5, 0.6) is 0 Å². The van der Waals surface area contributed by atoms with E-state index in [4.69, 9.17) is 9.47 Å². The van der Waals surface area contributed by atoms with Crippen molar-refractivity contribution in [3.05, 3.63) is 68.6 Å². The third-order valence-corrected chi connectivity index (χ3v) is 6.52. The molecular formula is C24H26Br2O4. The lowest BCUT2D eigenvalue weighted by atomic mass is 9.83. The summed E-state index contributed by atoms with van der Waals surface area (Å²) < 4.78 is 13.4. The number of hydrogen-bond donors (Lipinski definition) is 0. The fourth-order valence-electron chi connectivity index (χ4n) is 3.85. The summed E-state index contributed by atoms with van der Waals surface area (Å²) in [6.45, 7) is 1.86. The Bertz CT molecular complexity index is 843. The van der Waals surface area contributed by atoms with E-state index < -0.39 is 0 Å². The number of benzene rings is 2. The summed E-state index contributed by atoms with van der Waals surface area (Å²) in [7, 11) is 0. The second kappa shape index (κ2) is 11.1. The number of carbonyl (C=O) groups is 2. The van der Waals surface area contributed by atoms with Gasteiger partial charge in [0.2, 0.25) is 0 Å². The van der Waals surface area contributed by atoms with Crippen LogP contribution in [0.3, 0.4) is 0 Å². The van der Waals surface area contributed by atoms with Crippen molar-refractivity contribution < 1.29 is 19.1 Å². The summed E-state index contributed by atoms with van der Waals surface area (Å²) in [5.41, 5.74) is 1.03. The Morgan fingerprint density at radius 1 is 0.833 bits per heavy atom. The molecule has 1 aliphatic rings. The minimum Gasteiger partial charge on any atom is -0.459 e. The molecular weight excluding hydrogens is 512 g/mol. The van der Waals surface area contributed by atoms with Crippen LogP contribution in [0.1, 0.15) is 66.2 Å². The molecule has 1 aliphatic carbocycles. The molecule has 2 atom stereocenters. The predicted octanol–water partition coefficient (Wildman–Crippen LogP) is 6.95. The van der Waals surface area contributed by atoms with E-state index in [0.717, 1.165) is 34.6 Å². The van der Waals surface area contributed by atoms with E-state index in [1.807, 2.05) is 31.2 Å². The first-order valence-corrected chi connectivity index (χ1v) is 11.9. The second-order valence-electron chi connectivity index (χ2n) is 7.81. The zero-order chi connectivity index (χ0) is 21.5. The number of esters is 2. The maximum atomic E-state index is 12.7. The zero-order valence-corrected chi connectivity index (χ0v) is 20.2. The fourth-order valence-corrected chi connectivity index (χ4v) is 4.37. The van der Waals surface area contributed by atoms with Crippen molar-refractivity contribution in [2.24, 2.45) is 5.92 Å². The van der Waals surface area contributed by atoms with Crippen molar-refractivity contribution in [3.8, 4) is 0 Å². The Kier molecular flexibility index (Phi) is 8.51. The van der Waals surface area contributed by atoms with Gasteiger partial charge >= 0.3 is 11.9 Å². The SMILES string of the molecule is C[C@@H](C[C@@H](OC(=O)c1ccc(Br)cc1)C1CCCCC1)OC(=O)c1ccc(Br)cc1. The van der Waals surface area contributed by atoms with E-state index in [1.165, 1.54) is 6.42 Å². The molecule has 0 aromatic heterocycles. The van der Waals surface area contributed by atoms with E-state index in [2.05, 4.69) is 31.9 Å². The lowest BCUT2D eigenvalue weighted by molar-refractivity contribution is -0.0177.